The molecule has 1 N–H and O–H groups in total. The number of rotatable bonds is 4. The van der Waals surface area contributed by atoms with E-state index < -0.39 is 0 Å². The van der Waals surface area contributed by atoms with Crippen molar-refractivity contribution < 1.29 is 0 Å². The van der Waals surface area contributed by atoms with Gasteiger partial charge in [0.2, 0.25) is 0 Å². The summed E-state index contributed by atoms with van der Waals surface area (Å²) in [5.74, 6) is 0.802. The Morgan fingerprint density at radius 1 is 1.21 bits per heavy atom. The van der Waals surface area contributed by atoms with E-state index >= 15 is 0 Å². The number of hydrogen-bond acceptors (Lipinski definition) is 3. The van der Waals surface area contributed by atoms with Gasteiger partial charge >= 0.3 is 0 Å². The Kier molecular flexibility index (Phi) is 5.27. The number of nitrogens with zero attached hydrogens (tertiary/aromatic N) is 2. The minimum Gasteiger partial charge on any atom is -0.311 e. The molecule has 2 fully saturated rings. The van der Waals surface area contributed by atoms with E-state index in [1.54, 1.807) is 0 Å². The first-order valence-corrected chi connectivity index (χ1v) is 8.11. The number of piperidine rings is 1. The molecule has 0 amide bonds. The van der Waals surface area contributed by atoms with E-state index in [4.69, 9.17) is 0 Å². The van der Waals surface area contributed by atoms with E-state index in [1.807, 2.05) is 0 Å². The number of hydrogen-bond donors (Lipinski definition) is 1. The Labute approximate surface area is 119 Å². The molecule has 19 heavy (non-hydrogen) atoms. The SMILES string of the molecule is CC(C)CC1CN(CC2(C)CCN(C)CC2)CCN1. The van der Waals surface area contributed by atoms with Crippen LogP contribution in [-0.4, -0.2) is 62.2 Å². The summed E-state index contributed by atoms with van der Waals surface area (Å²) >= 11 is 0. The zero-order chi connectivity index (χ0) is 13.9. The monoisotopic (exact) mass is 267 g/mol. The topological polar surface area (TPSA) is 18.5 Å². The first kappa shape index (κ1) is 15.3. The van der Waals surface area contributed by atoms with Crippen LogP contribution in [0.3, 0.4) is 0 Å². The maximum absolute atomic E-state index is 3.69. The molecule has 2 aliphatic heterocycles. The molecule has 0 aromatic carbocycles. The van der Waals surface area contributed by atoms with Crippen molar-refractivity contribution in [2.24, 2.45) is 11.3 Å². The van der Waals surface area contributed by atoms with Crippen molar-refractivity contribution in [1.29, 1.82) is 0 Å². The summed E-state index contributed by atoms with van der Waals surface area (Å²) in [5, 5.41) is 3.69. The predicted octanol–water partition coefficient (Wildman–Crippen LogP) is 2.04. The largest absolute Gasteiger partial charge is 0.311 e. The first-order valence-electron chi connectivity index (χ1n) is 8.11. The average molecular weight is 267 g/mol. The number of likely N-dealkylation sites (tertiary alicyclic amines) is 1. The van der Waals surface area contributed by atoms with E-state index in [9.17, 15) is 0 Å². The third-order valence-corrected chi connectivity index (χ3v) is 4.90. The molecule has 0 radical (unpaired) electrons. The first-order chi connectivity index (χ1) is 8.97. The van der Waals surface area contributed by atoms with Crippen molar-refractivity contribution in [2.45, 2.75) is 46.1 Å². The van der Waals surface area contributed by atoms with Crippen LogP contribution in [0.15, 0.2) is 0 Å². The lowest BCUT2D eigenvalue weighted by Gasteiger charge is -2.44. The highest BCUT2D eigenvalue weighted by Crippen LogP contribution is 2.31. The van der Waals surface area contributed by atoms with E-state index in [1.165, 1.54) is 58.5 Å². The van der Waals surface area contributed by atoms with Crippen LogP contribution < -0.4 is 5.32 Å². The fourth-order valence-electron chi connectivity index (χ4n) is 3.62. The summed E-state index contributed by atoms with van der Waals surface area (Å²) in [7, 11) is 2.25. The van der Waals surface area contributed by atoms with Gasteiger partial charge in [-0.15, -0.1) is 0 Å². The zero-order valence-corrected chi connectivity index (χ0v) is 13.4. The van der Waals surface area contributed by atoms with Crippen molar-refractivity contribution >= 4 is 0 Å². The van der Waals surface area contributed by atoms with Crippen LogP contribution in [0.5, 0.6) is 0 Å². The molecular formula is C16H33N3. The van der Waals surface area contributed by atoms with Gasteiger partial charge < -0.3 is 10.2 Å². The molecule has 2 rings (SSSR count). The lowest BCUT2D eigenvalue weighted by molar-refractivity contribution is 0.0694. The van der Waals surface area contributed by atoms with Crippen LogP contribution in [-0.2, 0) is 0 Å². The van der Waals surface area contributed by atoms with Gasteiger partial charge in [-0.2, -0.15) is 0 Å². The molecule has 1 atom stereocenters. The predicted molar refractivity (Wildman–Crippen MR) is 82.5 cm³/mol. The van der Waals surface area contributed by atoms with Gasteiger partial charge in [-0.1, -0.05) is 20.8 Å². The quantitative estimate of drug-likeness (QED) is 0.841. The van der Waals surface area contributed by atoms with Gasteiger partial charge in [-0.05, 0) is 50.7 Å². The fraction of sp³-hybridized carbons (Fsp3) is 1.00. The molecule has 0 aromatic heterocycles. The van der Waals surface area contributed by atoms with E-state index in [0.717, 1.165) is 5.92 Å². The lowest BCUT2D eigenvalue weighted by atomic mass is 9.79. The molecule has 2 saturated heterocycles. The highest BCUT2D eigenvalue weighted by Gasteiger charge is 2.32. The van der Waals surface area contributed by atoms with Crippen LogP contribution in [0.25, 0.3) is 0 Å². The molecule has 0 spiro atoms. The second-order valence-corrected chi connectivity index (χ2v) is 7.63. The molecule has 0 aliphatic carbocycles. The van der Waals surface area contributed by atoms with Crippen molar-refractivity contribution in [3.8, 4) is 0 Å². The van der Waals surface area contributed by atoms with Crippen LogP contribution >= 0.6 is 0 Å². The Morgan fingerprint density at radius 3 is 2.53 bits per heavy atom. The Hall–Kier alpha value is -0.120. The Balaban J connectivity index is 1.81. The molecule has 1 unspecified atom stereocenters. The molecule has 2 aliphatic rings. The van der Waals surface area contributed by atoms with Gasteiger partial charge in [0.1, 0.15) is 0 Å². The molecule has 0 bridgehead atoms. The van der Waals surface area contributed by atoms with E-state index in [0.29, 0.717) is 11.5 Å². The number of piperazine rings is 1. The highest BCUT2D eigenvalue weighted by atomic mass is 15.2. The molecule has 0 aromatic rings. The zero-order valence-electron chi connectivity index (χ0n) is 13.4. The Morgan fingerprint density at radius 2 is 1.89 bits per heavy atom. The van der Waals surface area contributed by atoms with Crippen molar-refractivity contribution in [1.82, 2.24) is 15.1 Å². The molecule has 2 heterocycles. The van der Waals surface area contributed by atoms with Gasteiger partial charge in [0, 0.05) is 32.2 Å². The normalized spacial score (nSPS) is 29.8. The molecule has 0 saturated carbocycles. The summed E-state index contributed by atoms with van der Waals surface area (Å²) in [6, 6.07) is 0.712. The molecule has 112 valence electrons. The summed E-state index contributed by atoms with van der Waals surface area (Å²) in [6.45, 7) is 14.7. The standard InChI is InChI=1S/C16H33N3/c1-14(2)11-15-12-19(10-7-17-15)13-16(3)5-8-18(4)9-6-16/h14-15,17H,5-13H2,1-4H3. The van der Waals surface area contributed by atoms with E-state index in [-0.39, 0.29) is 0 Å². The third-order valence-electron chi connectivity index (χ3n) is 4.90. The lowest BCUT2D eigenvalue weighted by Crippen LogP contribution is -2.54. The van der Waals surface area contributed by atoms with Gasteiger partial charge in [0.05, 0.1) is 0 Å². The minimum atomic E-state index is 0.548. The third kappa shape index (κ3) is 4.73. The van der Waals surface area contributed by atoms with Gasteiger partial charge in [-0.25, -0.2) is 0 Å². The van der Waals surface area contributed by atoms with E-state index in [2.05, 4.69) is 42.9 Å². The summed E-state index contributed by atoms with van der Waals surface area (Å²) in [4.78, 5) is 5.19. The van der Waals surface area contributed by atoms with Crippen molar-refractivity contribution in [3.05, 3.63) is 0 Å². The van der Waals surface area contributed by atoms with Gasteiger partial charge in [-0.3, -0.25) is 4.90 Å². The van der Waals surface area contributed by atoms with Crippen LogP contribution in [0.1, 0.15) is 40.0 Å². The number of nitrogens with one attached hydrogen (secondary N) is 1. The highest BCUT2D eigenvalue weighted by molar-refractivity contribution is 4.87. The van der Waals surface area contributed by atoms with Gasteiger partial charge in [0.15, 0.2) is 0 Å². The van der Waals surface area contributed by atoms with Crippen LogP contribution in [0.2, 0.25) is 0 Å². The van der Waals surface area contributed by atoms with Crippen LogP contribution in [0, 0.1) is 11.3 Å². The smallest absolute Gasteiger partial charge is 0.0198 e. The average Bonchev–Trinajstić information content (AvgIpc) is 2.33. The minimum absolute atomic E-state index is 0.548. The Bertz CT molecular complexity index is 269. The second kappa shape index (κ2) is 6.55. The second-order valence-electron chi connectivity index (χ2n) is 7.63. The van der Waals surface area contributed by atoms with Crippen molar-refractivity contribution in [3.63, 3.8) is 0 Å². The molecular weight excluding hydrogens is 234 g/mol. The van der Waals surface area contributed by atoms with Crippen LogP contribution in [0.4, 0.5) is 0 Å². The summed E-state index contributed by atoms with van der Waals surface area (Å²) in [5.41, 5.74) is 0.548. The fourth-order valence-corrected chi connectivity index (χ4v) is 3.62. The molecule has 3 heteroatoms. The van der Waals surface area contributed by atoms with Crippen molar-refractivity contribution in [2.75, 3.05) is 46.3 Å². The van der Waals surface area contributed by atoms with Gasteiger partial charge in [0.25, 0.3) is 0 Å². The maximum Gasteiger partial charge on any atom is 0.0198 e. The maximum atomic E-state index is 3.69. The summed E-state index contributed by atoms with van der Waals surface area (Å²) < 4.78 is 0. The molecule has 3 nitrogen and oxygen atoms in total. The summed E-state index contributed by atoms with van der Waals surface area (Å²) in [6.07, 6.45) is 4.04.